The molecule has 0 unspecified atom stereocenters. The van der Waals surface area contributed by atoms with Crippen LogP contribution in [0.2, 0.25) is 0 Å². The summed E-state index contributed by atoms with van der Waals surface area (Å²) in [6, 6.07) is 11.8. The smallest absolute Gasteiger partial charge is 0.240 e. The number of amides is 1. The van der Waals surface area contributed by atoms with Gasteiger partial charge in [0, 0.05) is 22.4 Å². The molecule has 3 heterocycles. The van der Waals surface area contributed by atoms with Gasteiger partial charge in [-0.15, -0.1) is 0 Å². The van der Waals surface area contributed by atoms with Crippen LogP contribution in [0.5, 0.6) is 0 Å². The lowest BCUT2D eigenvalue weighted by atomic mass is 10.1. The predicted molar refractivity (Wildman–Crippen MR) is 112 cm³/mol. The number of carbonyl (C=O) groups excluding carboxylic acids is 1. The zero-order valence-electron chi connectivity index (χ0n) is 15.0. The van der Waals surface area contributed by atoms with E-state index in [0.717, 1.165) is 26.9 Å². The Labute approximate surface area is 174 Å². The van der Waals surface area contributed by atoms with Crippen LogP contribution >= 0.6 is 28.1 Å². The van der Waals surface area contributed by atoms with Crippen LogP contribution < -0.4 is 5.32 Å². The maximum Gasteiger partial charge on any atom is 0.240 e. The van der Waals surface area contributed by atoms with Crippen molar-refractivity contribution in [1.29, 1.82) is 0 Å². The number of rotatable bonds is 5. The Hall–Kier alpha value is -2.78. The fourth-order valence-corrected chi connectivity index (χ4v) is 3.43. The van der Waals surface area contributed by atoms with Gasteiger partial charge in [-0.3, -0.25) is 14.5 Å². The fraction of sp³-hybridized carbons (Fsp3) is 0.158. The highest BCUT2D eigenvalue weighted by Gasteiger charge is 2.13. The third kappa shape index (κ3) is 3.90. The molecule has 0 aliphatic rings. The van der Waals surface area contributed by atoms with E-state index in [9.17, 15) is 4.79 Å². The number of aromatic nitrogens is 5. The highest BCUT2D eigenvalue weighted by Crippen LogP contribution is 2.18. The number of hydrogen-bond acceptors (Lipinski definition) is 4. The Bertz CT molecular complexity index is 1210. The number of aromatic amines is 1. The average Bonchev–Trinajstić information content (AvgIpc) is 3.24. The maximum atomic E-state index is 12.5. The van der Waals surface area contributed by atoms with Crippen molar-refractivity contribution in [2.75, 3.05) is 0 Å². The second kappa shape index (κ2) is 7.69. The number of benzene rings is 1. The van der Waals surface area contributed by atoms with Crippen LogP contribution in [-0.2, 0) is 17.9 Å². The molecule has 0 radical (unpaired) electrons. The van der Waals surface area contributed by atoms with Gasteiger partial charge in [-0.2, -0.15) is 5.10 Å². The van der Waals surface area contributed by atoms with E-state index in [2.05, 4.69) is 36.4 Å². The molecule has 28 heavy (non-hydrogen) atoms. The van der Waals surface area contributed by atoms with Gasteiger partial charge in [-0.1, -0.05) is 29.8 Å². The molecule has 1 aromatic carbocycles. The quantitative estimate of drug-likeness (QED) is 0.449. The molecule has 142 valence electrons. The second-order valence-corrected chi connectivity index (χ2v) is 7.73. The van der Waals surface area contributed by atoms with Gasteiger partial charge in [0.05, 0.1) is 12.2 Å². The van der Waals surface area contributed by atoms with E-state index in [1.54, 1.807) is 4.57 Å². The molecule has 0 aliphatic heterocycles. The lowest BCUT2D eigenvalue weighted by Crippen LogP contribution is -2.27. The van der Waals surface area contributed by atoms with E-state index >= 15 is 0 Å². The van der Waals surface area contributed by atoms with Crippen molar-refractivity contribution in [3.8, 4) is 11.4 Å². The number of pyridine rings is 1. The molecule has 1 amide bonds. The first kappa shape index (κ1) is 18.6. The molecule has 4 rings (SSSR count). The summed E-state index contributed by atoms with van der Waals surface area (Å²) < 4.78 is 4.97. The third-order valence-electron chi connectivity index (χ3n) is 4.30. The van der Waals surface area contributed by atoms with Crippen molar-refractivity contribution in [3.63, 3.8) is 0 Å². The number of H-pyrrole nitrogens is 1. The first-order chi connectivity index (χ1) is 13.5. The molecule has 9 heteroatoms. The van der Waals surface area contributed by atoms with E-state index in [1.165, 1.54) is 0 Å². The summed E-state index contributed by atoms with van der Waals surface area (Å²) in [6.07, 6.45) is 3.81. The molecule has 7 nitrogen and oxygen atoms in total. The van der Waals surface area contributed by atoms with Gasteiger partial charge in [0.25, 0.3) is 0 Å². The van der Waals surface area contributed by atoms with Crippen molar-refractivity contribution in [2.45, 2.75) is 20.0 Å². The highest BCUT2D eigenvalue weighted by molar-refractivity contribution is 9.10. The minimum atomic E-state index is -0.163. The number of imidazole rings is 1. The van der Waals surface area contributed by atoms with E-state index < -0.39 is 0 Å². The van der Waals surface area contributed by atoms with Crippen molar-refractivity contribution in [3.05, 3.63) is 69.3 Å². The molecule has 0 saturated carbocycles. The van der Waals surface area contributed by atoms with Gasteiger partial charge in [-0.25, -0.2) is 4.98 Å². The summed E-state index contributed by atoms with van der Waals surface area (Å²) in [5.41, 5.74) is 3.66. The lowest BCUT2D eigenvalue weighted by molar-refractivity contribution is -0.121. The first-order valence-electron chi connectivity index (χ1n) is 8.62. The summed E-state index contributed by atoms with van der Waals surface area (Å²) in [5.74, 6) is 0.474. The first-order valence-corrected chi connectivity index (χ1v) is 9.82. The van der Waals surface area contributed by atoms with E-state index in [-0.39, 0.29) is 12.5 Å². The summed E-state index contributed by atoms with van der Waals surface area (Å²) >= 11 is 8.73. The molecular weight excluding hydrogens is 440 g/mol. The van der Waals surface area contributed by atoms with Crippen LogP contribution in [0.3, 0.4) is 0 Å². The summed E-state index contributed by atoms with van der Waals surface area (Å²) in [7, 11) is 0. The van der Waals surface area contributed by atoms with Crippen molar-refractivity contribution < 1.29 is 4.79 Å². The monoisotopic (exact) mass is 456 g/mol. The predicted octanol–water partition coefficient (Wildman–Crippen LogP) is 3.64. The Balaban J connectivity index is 1.47. The van der Waals surface area contributed by atoms with Gasteiger partial charge in [-0.05, 0) is 47.2 Å². The average molecular weight is 457 g/mol. The molecule has 0 aliphatic carbocycles. The topological polar surface area (TPSA) is 80.0 Å². The maximum absolute atomic E-state index is 12.5. The molecule has 0 spiro atoms. The molecule has 4 aromatic rings. The number of aryl methyl sites for hydroxylation is 1. The van der Waals surface area contributed by atoms with Crippen LogP contribution in [0.15, 0.2) is 53.3 Å². The number of carbonyl (C=O) groups is 1. The molecule has 0 atom stereocenters. The minimum absolute atomic E-state index is 0.0808. The van der Waals surface area contributed by atoms with Crippen LogP contribution in [0.1, 0.15) is 11.3 Å². The molecule has 0 saturated heterocycles. The normalized spacial score (nSPS) is 11.1. The lowest BCUT2D eigenvalue weighted by Gasteiger charge is -2.07. The second-order valence-electron chi connectivity index (χ2n) is 6.43. The van der Waals surface area contributed by atoms with Crippen LogP contribution in [-0.4, -0.2) is 30.1 Å². The number of fused-ring (bicyclic) bond motifs is 1. The molecule has 0 fully saturated rings. The largest absolute Gasteiger partial charge is 0.349 e. The standard InChI is InChI=1S/C19H17BrN6OS/c1-12-2-4-13(5-3-12)18-23-24-19(28)26(18)11-17(27)21-8-15-10-25-9-14(20)6-7-16(25)22-15/h2-7,9-10H,8,11H2,1H3,(H,21,27)(H,24,28). The molecule has 3 aromatic heterocycles. The van der Waals surface area contributed by atoms with Gasteiger partial charge < -0.3 is 9.72 Å². The summed E-state index contributed by atoms with van der Waals surface area (Å²) in [4.78, 5) is 17.0. The molecule has 0 bridgehead atoms. The van der Waals surface area contributed by atoms with Crippen molar-refractivity contribution >= 4 is 39.7 Å². The van der Waals surface area contributed by atoms with Gasteiger partial charge in [0.2, 0.25) is 5.91 Å². The number of halogens is 1. The summed E-state index contributed by atoms with van der Waals surface area (Å²) in [6.45, 7) is 2.44. The summed E-state index contributed by atoms with van der Waals surface area (Å²) in [5, 5.41) is 9.93. The van der Waals surface area contributed by atoms with E-state index in [4.69, 9.17) is 12.2 Å². The number of nitrogens with one attached hydrogen (secondary N) is 2. The minimum Gasteiger partial charge on any atom is -0.349 e. The fourth-order valence-electron chi connectivity index (χ4n) is 2.88. The zero-order valence-corrected chi connectivity index (χ0v) is 17.4. The van der Waals surface area contributed by atoms with E-state index in [1.807, 2.05) is 60.1 Å². The Morgan fingerprint density at radius 3 is 2.79 bits per heavy atom. The third-order valence-corrected chi connectivity index (χ3v) is 5.08. The Morgan fingerprint density at radius 2 is 2.00 bits per heavy atom. The Morgan fingerprint density at radius 1 is 1.21 bits per heavy atom. The number of nitrogens with zero attached hydrogens (tertiary/aromatic N) is 4. The SMILES string of the molecule is Cc1ccc(-c2n[nH]c(=S)n2CC(=O)NCc2cn3cc(Br)ccc3n2)cc1. The zero-order chi connectivity index (χ0) is 19.7. The van der Waals surface area contributed by atoms with E-state index in [0.29, 0.717) is 17.1 Å². The highest BCUT2D eigenvalue weighted by atomic mass is 79.9. The molecular formula is C19H17BrN6OS. The van der Waals surface area contributed by atoms with Crippen LogP contribution in [0.25, 0.3) is 17.0 Å². The Kier molecular flexibility index (Phi) is 5.10. The van der Waals surface area contributed by atoms with Gasteiger partial charge in [0.15, 0.2) is 10.6 Å². The van der Waals surface area contributed by atoms with Gasteiger partial charge >= 0.3 is 0 Å². The van der Waals surface area contributed by atoms with Crippen molar-refractivity contribution in [2.24, 2.45) is 0 Å². The molecule has 2 N–H and O–H groups in total. The van der Waals surface area contributed by atoms with Crippen LogP contribution in [0.4, 0.5) is 0 Å². The van der Waals surface area contributed by atoms with Crippen LogP contribution in [0, 0.1) is 11.7 Å². The number of hydrogen-bond donors (Lipinski definition) is 2. The van der Waals surface area contributed by atoms with Gasteiger partial charge in [0.1, 0.15) is 12.2 Å². The van der Waals surface area contributed by atoms with Crippen molar-refractivity contribution in [1.82, 2.24) is 29.5 Å².